The molecule has 0 fully saturated rings. The van der Waals surface area contributed by atoms with Crippen molar-refractivity contribution in [1.29, 1.82) is 0 Å². The molecule has 0 amide bonds. The lowest BCUT2D eigenvalue weighted by Crippen LogP contribution is -2.19. The number of fused-ring (bicyclic) bond motifs is 1. The van der Waals surface area contributed by atoms with Gasteiger partial charge in [0.05, 0.1) is 13.2 Å². The third-order valence-corrected chi connectivity index (χ3v) is 3.32. The number of nitrogens with zero attached hydrogens (tertiary/aromatic N) is 1. The molecule has 3 rings (SSSR count). The Morgan fingerprint density at radius 2 is 2.11 bits per heavy atom. The molecule has 2 atom stereocenters. The van der Waals surface area contributed by atoms with E-state index in [2.05, 4.69) is 4.98 Å². The van der Waals surface area contributed by atoms with E-state index >= 15 is 0 Å². The van der Waals surface area contributed by atoms with Crippen LogP contribution in [-0.4, -0.2) is 17.2 Å². The second kappa shape index (κ2) is 4.90. The third kappa shape index (κ3) is 2.27. The van der Waals surface area contributed by atoms with Gasteiger partial charge in [-0.1, -0.05) is 18.2 Å². The van der Waals surface area contributed by atoms with Crippen molar-refractivity contribution in [2.45, 2.75) is 18.6 Å². The van der Waals surface area contributed by atoms with Crippen LogP contribution in [0.3, 0.4) is 0 Å². The van der Waals surface area contributed by atoms with E-state index in [1.54, 1.807) is 19.4 Å². The van der Waals surface area contributed by atoms with Crippen LogP contribution in [0.4, 0.5) is 0 Å². The first-order valence-electron chi connectivity index (χ1n) is 6.21. The van der Waals surface area contributed by atoms with Gasteiger partial charge in [-0.2, -0.15) is 0 Å². The Hall–Kier alpha value is -2.07. The molecule has 0 radical (unpaired) electrons. The number of aliphatic hydroxyl groups is 1. The summed E-state index contributed by atoms with van der Waals surface area (Å²) in [5.74, 6) is 1.31. The van der Waals surface area contributed by atoms with Crippen LogP contribution in [0.15, 0.2) is 42.6 Å². The zero-order valence-corrected chi connectivity index (χ0v) is 10.6. The summed E-state index contributed by atoms with van der Waals surface area (Å²) in [6.07, 6.45) is 1.58. The Morgan fingerprint density at radius 3 is 2.84 bits per heavy atom. The first-order chi connectivity index (χ1) is 9.28. The van der Waals surface area contributed by atoms with Crippen LogP contribution in [0.2, 0.25) is 0 Å². The summed E-state index contributed by atoms with van der Waals surface area (Å²) >= 11 is 0. The molecular formula is C15H15NO3. The average molecular weight is 257 g/mol. The van der Waals surface area contributed by atoms with Crippen molar-refractivity contribution in [3.8, 4) is 11.6 Å². The number of hydrogen-bond donors (Lipinski definition) is 1. The van der Waals surface area contributed by atoms with Gasteiger partial charge in [0.1, 0.15) is 11.9 Å². The van der Waals surface area contributed by atoms with Crippen molar-refractivity contribution in [1.82, 2.24) is 4.98 Å². The Balaban J connectivity index is 1.87. The maximum atomic E-state index is 10.2. The molecule has 1 N–H and O–H groups in total. The molecule has 1 aromatic heterocycles. The van der Waals surface area contributed by atoms with E-state index in [-0.39, 0.29) is 6.10 Å². The monoisotopic (exact) mass is 257 g/mol. The number of benzene rings is 1. The van der Waals surface area contributed by atoms with Crippen molar-refractivity contribution < 1.29 is 14.6 Å². The van der Waals surface area contributed by atoms with Crippen molar-refractivity contribution >= 4 is 0 Å². The van der Waals surface area contributed by atoms with E-state index in [9.17, 15) is 5.11 Å². The SMILES string of the molecule is COc1ccc(C2C[C@@H](O)c3ccccc3O2)cn1. The summed E-state index contributed by atoms with van der Waals surface area (Å²) in [6, 6.07) is 11.3. The third-order valence-electron chi connectivity index (χ3n) is 3.32. The minimum atomic E-state index is -0.503. The summed E-state index contributed by atoms with van der Waals surface area (Å²) in [6.45, 7) is 0. The predicted octanol–water partition coefficient (Wildman–Crippen LogP) is 2.65. The molecule has 2 heterocycles. The van der Waals surface area contributed by atoms with Crippen LogP contribution < -0.4 is 9.47 Å². The topological polar surface area (TPSA) is 51.6 Å². The fraction of sp³-hybridized carbons (Fsp3) is 0.267. The summed E-state index contributed by atoms with van der Waals surface area (Å²) in [7, 11) is 1.58. The molecular weight excluding hydrogens is 242 g/mol. The largest absolute Gasteiger partial charge is 0.485 e. The Morgan fingerprint density at radius 1 is 1.26 bits per heavy atom. The van der Waals surface area contributed by atoms with Gasteiger partial charge in [-0.05, 0) is 12.1 Å². The fourth-order valence-corrected chi connectivity index (χ4v) is 2.30. The maximum absolute atomic E-state index is 10.2. The minimum Gasteiger partial charge on any atom is -0.485 e. The lowest BCUT2D eigenvalue weighted by atomic mass is 9.96. The molecule has 4 nitrogen and oxygen atoms in total. The molecule has 0 spiro atoms. The van der Waals surface area contributed by atoms with E-state index in [1.165, 1.54) is 0 Å². The Labute approximate surface area is 111 Å². The van der Waals surface area contributed by atoms with Gasteiger partial charge in [0.25, 0.3) is 0 Å². The second-order valence-electron chi connectivity index (χ2n) is 4.53. The number of ether oxygens (including phenoxy) is 2. The molecule has 0 saturated heterocycles. The van der Waals surface area contributed by atoms with E-state index in [1.807, 2.05) is 30.3 Å². The Kier molecular flexibility index (Phi) is 3.09. The molecule has 0 saturated carbocycles. The second-order valence-corrected chi connectivity index (χ2v) is 4.53. The lowest BCUT2D eigenvalue weighted by Gasteiger charge is -2.29. The molecule has 1 aliphatic rings. The smallest absolute Gasteiger partial charge is 0.212 e. The summed E-state index contributed by atoms with van der Waals surface area (Å²) in [5, 5.41) is 10.2. The quantitative estimate of drug-likeness (QED) is 0.898. The number of pyridine rings is 1. The molecule has 1 aliphatic heterocycles. The van der Waals surface area contributed by atoms with Crippen LogP contribution in [-0.2, 0) is 0 Å². The van der Waals surface area contributed by atoms with Gasteiger partial charge in [0, 0.05) is 29.8 Å². The zero-order chi connectivity index (χ0) is 13.2. The molecule has 4 heteroatoms. The van der Waals surface area contributed by atoms with Gasteiger partial charge < -0.3 is 14.6 Å². The van der Waals surface area contributed by atoms with Crippen molar-refractivity contribution in [2.75, 3.05) is 7.11 Å². The van der Waals surface area contributed by atoms with E-state index in [4.69, 9.17) is 9.47 Å². The molecule has 19 heavy (non-hydrogen) atoms. The fourth-order valence-electron chi connectivity index (χ4n) is 2.30. The van der Waals surface area contributed by atoms with Crippen LogP contribution in [0, 0.1) is 0 Å². The molecule has 2 aromatic rings. The Bertz CT molecular complexity index is 568. The number of para-hydroxylation sites is 1. The number of aromatic nitrogens is 1. The van der Waals surface area contributed by atoms with E-state index in [0.29, 0.717) is 12.3 Å². The number of rotatable bonds is 2. The first kappa shape index (κ1) is 12.0. The average Bonchev–Trinajstić information content (AvgIpc) is 2.47. The van der Waals surface area contributed by atoms with Gasteiger partial charge in [0.15, 0.2) is 0 Å². The number of aliphatic hydroxyl groups excluding tert-OH is 1. The predicted molar refractivity (Wildman–Crippen MR) is 70.2 cm³/mol. The van der Waals surface area contributed by atoms with Gasteiger partial charge in [0.2, 0.25) is 5.88 Å². The number of hydrogen-bond acceptors (Lipinski definition) is 4. The highest BCUT2D eigenvalue weighted by molar-refractivity contribution is 5.38. The lowest BCUT2D eigenvalue weighted by molar-refractivity contribution is 0.0655. The normalized spacial score (nSPS) is 21.4. The molecule has 1 aromatic carbocycles. The molecule has 1 unspecified atom stereocenters. The van der Waals surface area contributed by atoms with Crippen molar-refractivity contribution in [3.05, 3.63) is 53.7 Å². The highest BCUT2D eigenvalue weighted by Crippen LogP contribution is 2.40. The molecule has 0 aliphatic carbocycles. The molecule has 98 valence electrons. The summed E-state index contributed by atoms with van der Waals surface area (Å²) in [4.78, 5) is 4.17. The highest BCUT2D eigenvalue weighted by atomic mass is 16.5. The van der Waals surface area contributed by atoms with Crippen LogP contribution in [0.5, 0.6) is 11.6 Å². The van der Waals surface area contributed by atoms with Crippen LogP contribution >= 0.6 is 0 Å². The van der Waals surface area contributed by atoms with Crippen LogP contribution in [0.25, 0.3) is 0 Å². The van der Waals surface area contributed by atoms with Crippen LogP contribution in [0.1, 0.15) is 29.8 Å². The van der Waals surface area contributed by atoms with Gasteiger partial charge in [-0.15, -0.1) is 0 Å². The summed E-state index contributed by atoms with van der Waals surface area (Å²) in [5.41, 5.74) is 1.79. The van der Waals surface area contributed by atoms with Crippen molar-refractivity contribution in [3.63, 3.8) is 0 Å². The minimum absolute atomic E-state index is 0.177. The number of methoxy groups -OCH3 is 1. The summed E-state index contributed by atoms with van der Waals surface area (Å²) < 4.78 is 11.0. The van der Waals surface area contributed by atoms with Gasteiger partial charge in [-0.3, -0.25) is 0 Å². The standard InChI is InChI=1S/C15H15NO3/c1-18-15-7-6-10(9-16-15)14-8-12(17)11-4-2-3-5-13(11)19-14/h2-7,9,12,14,17H,8H2,1H3/t12-,14?/m1/s1. The van der Waals surface area contributed by atoms with Crippen molar-refractivity contribution in [2.24, 2.45) is 0 Å². The zero-order valence-electron chi connectivity index (χ0n) is 10.6. The van der Waals surface area contributed by atoms with E-state index < -0.39 is 6.10 Å². The first-order valence-corrected chi connectivity index (χ1v) is 6.21. The highest BCUT2D eigenvalue weighted by Gasteiger charge is 2.27. The van der Waals surface area contributed by atoms with Gasteiger partial charge >= 0.3 is 0 Å². The maximum Gasteiger partial charge on any atom is 0.212 e. The van der Waals surface area contributed by atoms with Gasteiger partial charge in [-0.25, -0.2) is 4.98 Å². The van der Waals surface area contributed by atoms with E-state index in [0.717, 1.165) is 16.9 Å². The molecule has 0 bridgehead atoms.